The Morgan fingerprint density at radius 3 is 2.53 bits per heavy atom. The van der Waals surface area contributed by atoms with Crippen LogP contribution < -0.4 is 10.1 Å². The molecule has 0 aliphatic heterocycles. The fourth-order valence-electron chi connectivity index (χ4n) is 1.21. The van der Waals surface area contributed by atoms with Gasteiger partial charge in [-0.25, -0.2) is 8.78 Å². The standard InChI is InChI=1S/C10H10F2N2O/c1-14-9(5-13)6-3-8(12)10(15-2)4-7(6)11/h3-4,9,14H,1-2H3. The van der Waals surface area contributed by atoms with Crippen LogP contribution in [0.25, 0.3) is 0 Å². The molecule has 0 bridgehead atoms. The van der Waals surface area contributed by atoms with Gasteiger partial charge in [0.25, 0.3) is 0 Å². The Bertz CT molecular complexity index is 401. The first-order chi connectivity index (χ1) is 7.13. The Labute approximate surface area is 86.3 Å². The van der Waals surface area contributed by atoms with Crippen molar-refractivity contribution in [3.05, 3.63) is 29.3 Å². The lowest BCUT2D eigenvalue weighted by atomic mass is 10.1. The van der Waals surface area contributed by atoms with E-state index in [2.05, 4.69) is 10.1 Å². The van der Waals surface area contributed by atoms with E-state index in [1.807, 2.05) is 6.07 Å². The van der Waals surface area contributed by atoms with Gasteiger partial charge in [0.05, 0.1) is 13.2 Å². The van der Waals surface area contributed by atoms with Gasteiger partial charge in [-0.2, -0.15) is 5.26 Å². The third-order valence-corrected chi connectivity index (χ3v) is 2.00. The number of hydrogen-bond donors (Lipinski definition) is 1. The van der Waals surface area contributed by atoms with Gasteiger partial charge in [-0.05, 0) is 13.1 Å². The summed E-state index contributed by atoms with van der Waals surface area (Å²) in [5.74, 6) is -1.54. The number of benzene rings is 1. The van der Waals surface area contributed by atoms with Crippen molar-refractivity contribution < 1.29 is 13.5 Å². The molecule has 0 aliphatic rings. The molecule has 0 saturated heterocycles. The first-order valence-corrected chi connectivity index (χ1v) is 4.23. The minimum Gasteiger partial charge on any atom is -0.494 e. The molecule has 1 aromatic carbocycles. The number of rotatable bonds is 3. The third kappa shape index (κ3) is 2.22. The summed E-state index contributed by atoms with van der Waals surface area (Å²) in [5, 5.41) is 11.3. The molecule has 0 fully saturated rings. The number of hydrogen-bond acceptors (Lipinski definition) is 3. The maximum Gasteiger partial charge on any atom is 0.165 e. The Balaban J connectivity index is 3.22. The molecule has 1 N–H and O–H groups in total. The number of halogens is 2. The number of nitrogens with one attached hydrogen (secondary N) is 1. The zero-order valence-corrected chi connectivity index (χ0v) is 8.34. The Morgan fingerprint density at radius 2 is 2.07 bits per heavy atom. The van der Waals surface area contributed by atoms with Gasteiger partial charge in [0, 0.05) is 11.6 Å². The van der Waals surface area contributed by atoms with Crippen molar-refractivity contribution in [1.29, 1.82) is 5.26 Å². The predicted molar refractivity (Wildman–Crippen MR) is 50.3 cm³/mol. The zero-order chi connectivity index (χ0) is 11.4. The molecule has 5 heteroatoms. The smallest absolute Gasteiger partial charge is 0.165 e. The van der Waals surface area contributed by atoms with Crippen LogP contribution in [0.1, 0.15) is 11.6 Å². The van der Waals surface area contributed by atoms with Crippen molar-refractivity contribution in [1.82, 2.24) is 5.32 Å². The molecule has 1 aromatic rings. The molecule has 15 heavy (non-hydrogen) atoms. The second-order valence-electron chi connectivity index (χ2n) is 2.86. The number of ether oxygens (including phenoxy) is 1. The summed E-state index contributed by atoms with van der Waals surface area (Å²) in [5.41, 5.74) is -0.0294. The topological polar surface area (TPSA) is 45.0 Å². The second-order valence-corrected chi connectivity index (χ2v) is 2.86. The van der Waals surface area contributed by atoms with E-state index >= 15 is 0 Å². The Morgan fingerprint density at radius 1 is 1.40 bits per heavy atom. The molecule has 0 heterocycles. The van der Waals surface area contributed by atoms with E-state index in [4.69, 9.17) is 5.26 Å². The minimum absolute atomic E-state index is 0.0294. The maximum atomic E-state index is 13.4. The van der Waals surface area contributed by atoms with Gasteiger partial charge in [-0.3, -0.25) is 0 Å². The zero-order valence-electron chi connectivity index (χ0n) is 8.34. The highest BCUT2D eigenvalue weighted by Gasteiger charge is 2.17. The van der Waals surface area contributed by atoms with Crippen LogP contribution in [0, 0.1) is 23.0 Å². The van der Waals surface area contributed by atoms with Gasteiger partial charge in [0.15, 0.2) is 11.6 Å². The quantitative estimate of drug-likeness (QED) is 0.830. The molecule has 80 valence electrons. The van der Waals surface area contributed by atoms with Gasteiger partial charge in [0.2, 0.25) is 0 Å². The first-order valence-electron chi connectivity index (χ1n) is 4.23. The SMILES string of the molecule is CNC(C#N)c1cc(F)c(OC)cc1F. The molecule has 1 rings (SSSR count). The van der Waals surface area contributed by atoms with Crippen LogP contribution in [0.2, 0.25) is 0 Å². The fraction of sp³-hybridized carbons (Fsp3) is 0.300. The normalized spacial score (nSPS) is 11.9. The van der Waals surface area contributed by atoms with Gasteiger partial charge in [-0.1, -0.05) is 0 Å². The summed E-state index contributed by atoms with van der Waals surface area (Å²) in [7, 11) is 2.74. The van der Waals surface area contributed by atoms with E-state index in [0.29, 0.717) is 0 Å². The average Bonchev–Trinajstić information content (AvgIpc) is 2.24. The van der Waals surface area contributed by atoms with E-state index in [0.717, 1.165) is 12.1 Å². The second kappa shape index (κ2) is 4.71. The van der Waals surface area contributed by atoms with E-state index in [9.17, 15) is 8.78 Å². The molecular formula is C10H10F2N2O. The van der Waals surface area contributed by atoms with Crippen LogP contribution in [0.15, 0.2) is 12.1 Å². The minimum atomic E-state index is -0.870. The molecule has 1 unspecified atom stereocenters. The largest absolute Gasteiger partial charge is 0.494 e. The molecule has 0 aromatic heterocycles. The monoisotopic (exact) mass is 212 g/mol. The summed E-state index contributed by atoms with van der Waals surface area (Å²) in [6.07, 6.45) is 0. The van der Waals surface area contributed by atoms with Crippen molar-refractivity contribution in [2.45, 2.75) is 6.04 Å². The van der Waals surface area contributed by atoms with Crippen LogP contribution >= 0.6 is 0 Å². The van der Waals surface area contributed by atoms with E-state index in [1.54, 1.807) is 0 Å². The number of methoxy groups -OCH3 is 1. The molecular weight excluding hydrogens is 202 g/mol. The van der Waals surface area contributed by atoms with Crippen molar-refractivity contribution in [2.75, 3.05) is 14.2 Å². The average molecular weight is 212 g/mol. The molecule has 0 amide bonds. The van der Waals surface area contributed by atoms with Crippen molar-refractivity contribution in [2.24, 2.45) is 0 Å². The number of nitriles is 1. The van der Waals surface area contributed by atoms with Crippen LogP contribution in [0.4, 0.5) is 8.78 Å². The molecule has 3 nitrogen and oxygen atoms in total. The summed E-state index contributed by atoms with van der Waals surface area (Å²) in [6, 6.07) is 2.82. The van der Waals surface area contributed by atoms with E-state index < -0.39 is 17.7 Å². The summed E-state index contributed by atoms with van der Waals surface area (Å²) in [4.78, 5) is 0. The van der Waals surface area contributed by atoms with Crippen LogP contribution in [0.3, 0.4) is 0 Å². The van der Waals surface area contributed by atoms with Gasteiger partial charge >= 0.3 is 0 Å². The number of nitrogens with zero attached hydrogens (tertiary/aromatic N) is 1. The van der Waals surface area contributed by atoms with E-state index in [1.165, 1.54) is 14.2 Å². The summed E-state index contributed by atoms with van der Waals surface area (Å²) in [6.45, 7) is 0. The predicted octanol–water partition coefficient (Wildman–Crippen LogP) is 1.76. The summed E-state index contributed by atoms with van der Waals surface area (Å²) < 4.78 is 31.2. The van der Waals surface area contributed by atoms with Crippen LogP contribution in [-0.4, -0.2) is 14.2 Å². The highest BCUT2D eigenvalue weighted by molar-refractivity contribution is 5.34. The maximum absolute atomic E-state index is 13.4. The van der Waals surface area contributed by atoms with Gasteiger partial charge in [0.1, 0.15) is 11.9 Å². The van der Waals surface area contributed by atoms with Crippen LogP contribution in [-0.2, 0) is 0 Å². The third-order valence-electron chi connectivity index (χ3n) is 2.00. The van der Waals surface area contributed by atoms with E-state index in [-0.39, 0.29) is 11.3 Å². The molecule has 1 atom stereocenters. The molecule has 0 aliphatic carbocycles. The van der Waals surface area contributed by atoms with Crippen LogP contribution in [0.5, 0.6) is 5.75 Å². The fourth-order valence-corrected chi connectivity index (χ4v) is 1.21. The van der Waals surface area contributed by atoms with Crippen molar-refractivity contribution in [3.8, 4) is 11.8 Å². The molecule has 0 spiro atoms. The lowest BCUT2D eigenvalue weighted by molar-refractivity contribution is 0.381. The molecule has 0 saturated carbocycles. The Kier molecular flexibility index (Phi) is 3.58. The van der Waals surface area contributed by atoms with Gasteiger partial charge < -0.3 is 10.1 Å². The Hall–Kier alpha value is -1.67. The van der Waals surface area contributed by atoms with Crippen molar-refractivity contribution in [3.63, 3.8) is 0 Å². The molecule has 0 radical (unpaired) electrons. The van der Waals surface area contributed by atoms with Crippen molar-refractivity contribution >= 4 is 0 Å². The highest BCUT2D eigenvalue weighted by atomic mass is 19.1. The lowest BCUT2D eigenvalue weighted by Gasteiger charge is -2.11. The lowest BCUT2D eigenvalue weighted by Crippen LogP contribution is -2.16. The van der Waals surface area contributed by atoms with Gasteiger partial charge in [-0.15, -0.1) is 0 Å². The first kappa shape index (κ1) is 11.4. The summed E-state index contributed by atoms with van der Waals surface area (Å²) >= 11 is 0. The highest BCUT2D eigenvalue weighted by Crippen LogP contribution is 2.24.